The van der Waals surface area contributed by atoms with E-state index >= 15 is 0 Å². The van der Waals surface area contributed by atoms with Crippen molar-refractivity contribution in [3.63, 3.8) is 0 Å². The van der Waals surface area contributed by atoms with Crippen molar-refractivity contribution in [2.24, 2.45) is 0 Å². The lowest BCUT2D eigenvalue weighted by Gasteiger charge is -1.92. The van der Waals surface area contributed by atoms with Gasteiger partial charge in [-0.05, 0) is 0 Å². The van der Waals surface area contributed by atoms with Gasteiger partial charge in [-0.2, -0.15) is 0 Å². The van der Waals surface area contributed by atoms with Crippen molar-refractivity contribution < 1.29 is 27.6 Å². The summed E-state index contributed by atoms with van der Waals surface area (Å²) in [5.41, 5.74) is 0. The van der Waals surface area contributed by atoms with E-state index in [1.54, 1.807) is 0 Å². The summed E-state index contributed by atoms with van der Waals surface area (Å²) in [6, 6.07) is 0. The molecule has 0 spiro atoms. The quantitative estimate of drug-likeness (QED) is 0.452. The van der Waals surface area contributed by atoms with Gasteiger partial charge in [-0.15, -0.1) is 8.39 Å². The number of carbonyl (C=O) groups is 2. The first kappa shape index (κ1) is 8.23. The van der Waals surface area contributed by atoms with Crippen molar-refractivity contribution in [2.75, 3.05) is 0 Å². The summed E-state index contributed by atoms with van der Waals surface area (Å²) >= 11 is 0. The molecule has 0 atom stereocenters. The standard InChI is InChI=1S/C2HF2O4P/c3-9(4)8-2(7)1(5)6/h(H,5,6). The lowest BCUT2D eigenvalue weighted by Crippen LogP contribution is -2.12. The van der Waals surface area contributed by atoms with Crippen LogP contribution in [-0.2, 0) is 14.1 Å². The normalized spacial score (nSPS) is 9.22. The fourth-order valence-electron chi connectivity index (χ4n) is 0.102. The van der Waals surface area contributed by atoms with Crippen LogP contribution < -0.4 is 0 Å². The van der Waals surface area contributed by atoms with Gasteiger partial charge in [0.05, 0.1) is 0 Å². The fourth-order valence-corrected chi connectivity index (χ4v) is 0.305. The predicted octanol–water partition coefficient (Wildman–Crippen LogP) is 0.780. The summed E-state index contributed by atoms with van der Waals surface area (Å²) < 4.78 is 25.0. The van der Waals surface area contributed by atoms with Crippen molar-refractivity contribution in [1.82, 2.24) is 0 Å². The third kappa shape index (κ3) is 3.78. The van der Waals surface area contributed by atoms with Crippen LogP contribution in [0.25, 0.3) is 0 Å². The molecule has 1 N–H and O–H groups in total. The molecular formula is C2HF2O4P. The maximum absolute atomic E-state index is 11.0. The highest BCUT2D eigenvalue weighted by Gasteiger charge is 2.19. The second-order valence-electron chi connectivity index (χ2n) is 0.886. The van der Waals surface area contributed by atoms with Gasteiger partial charge in [0.25, 0.3) is 0 Å². The Kier molecular flexibility index (Phi) is 3.01. The Labute approximate surface area is 49.5 Å². The molecule has 0 aliphatic rings. The van der Waals surface area contributed by atoms with Crippen LogP contribution in [0.15, 0.2) is 0 Å². The summed E-state index contributed by atoms with van der Waals surface area (Å²) in [5.74, 6) is -3.94. The Balaban J connectivity index is 3.65. The molecule has 0 saturated heterocycles. The zero-order valence-electron chi connectivity index (χ0n) is 3.88. The van der Waals surface area contributed by atoms with E-state index in [0.717, 1.165) is 0 Å². The Hall–Kier alpha value is -0.770. The maximum Gasteiger partial charge on any atom is 0.484 e. The first-order chi connectivity index (χ1) is 4.04. The van der Waals surface area contributed by atoms with Crippen LogP contribution in [0.1, 0.15) is 0 Å². The van der Waals surface area contributed by atoms with Crippen molar-refractivity contribution in [3.8, 4) is 0 Å². The van der Waals surface area contributed by atoms with Crippen LogP contribution in [0, 0.1) is 0 Å². The molecule has 4 nitrogen and oxygen atoms in total. The molecule has 7 heteroatoms. The van der Waals surface area contributed by atoms with Crippen LogP contribution in [0.2, 0.25) is 0 Å². The number of aliphatic carboxylic acids is 1. The monoisotopic (exact) mass is 158 g/mol. The largest absolute Gasteiger partial charge is 0.484 e. The lowest BCUT2D eigenvalue weighted by molar-refractivity contribution is -0.158. The van der Waals surface area contributed by atoms with Gasteiger partial charge in [0.15, 0.2) is 0 Å². The lowest BCUT2D eigenvalue weighted by atomic mass is 10.7. The second-order valence-corrected chi connectivity index (χ2v) is 1.47. The zero-order chi connectivity index (χ0) is 7.44. The third-order valence-corrected chi connectivity index (χ3v) is 0.630. The van der Waals surface area contributed by atoms with E-state index in [9.17, 15) is 18.0 Å². The number of halogens is 2. The van der Waals surface area contributed by atoms with Gasteiger partial charge in [0, 0.05) is 0 Å². The Morgan fingerprint density at radius 3 is 2.00 bits per heavy atom. The Morgan fingerprint density at radius 1 is 1.44 bits per heavy atom. The summed E-state index contributed by atoms with van der Waals surface area (Å²) in [4.78, 5) is 19.1. The van der Waals surface area contributed by atoms with Crippen LogP contribution in [0.4, 0.5) is 8.39 Å². The van der Waals surface area contributed by atoms with E-state index in [1.165, 1.54) is 0 Å². The predicted molar refractivity (Wildman–Crippen MR) is 22.9 cm³/mol. The molecular weight excluding hydrogens is 157 g/mol. The van der Waals surface area contributed by atoms with E-state index in [1.807, 2.05) is 0 Å². The van der Waals surface area contributed by atoms with Crippen LogP contribution >= 0.6 is 8.77 Å². The zero-order valence-corrected chi connectivity index (χ0v) is 4.77. The highest BCUT2D eigenvalue weighted by atomic mass is 31.2. The number of carboxylic acids is 1. The highest BCUT2D eigenvalue weighted by Crippen LogP contribution is 2.39. The summed E-state index contributed by atoms with van der Waals surface area (Å²) in [5, 5.41) is 7.63. The molecule has 0 aromatic heterocycles. The van der Waals surface area contributed by atoms with Gasteiger partial charge < -0.3 is 9.63 Å². The third-order valence-electron chi connectivity index (χ3n) is 0.327. The van der Waals surface area contributed by atoms with Gasteiger partial charge in [-0.1, -0.05) is 0 Å². The average molecular weight is 158 g/mol. The molecule has 0 saturated carbocycles. The van der Waals surface area contributed by atoms with Gasteiger partial charge >= 0.3 is 20.7 Å². The number of hydrogen-bond acceptors (Lipinski definition) is 3. The van der Waals surface area contributed by atoms with Crippen molar-refractivity contribution in [2.45, 2.75) is 0 Å². The number of hydrogen-bond donors (Lipinski definition) is 1. The molecule has 0 aliphatic carbocycles. The van der Waals surface area contributed by atoms with Crippen molar-refractivity contribution >= 4 is 20.7 Å². The van der Waals surface area contributed by atoms with Crippen LogP contribution in [-0.4, -0.2) is 17.0 Å². The molecule has 0 aromatic rings. The maximum atomic E-state index is 11.0. The van der Waals surface area contributed by atoms with E-state index < -0.39 is 20.7 Å². The molecule has 0 bridgehead atoms. The minimum Gasteiger partial charge on any atom is -0.473 e. The molecule has 52 valence electrons. The van der Waals surface area contributed by atoms with E-state index in [2.05, 4.69) is 4.52 Å². The van der Waals surface area contributed by atoms with E-state index in [4.69, 9.17) is 5.11 Å². The van der Waals surface area contributed by atoms with Crippen molar-refractivity contribution in [3.05, 3.63) is 0 Å². The summed E-state index contributed by atoms with van der Waals surface area (Å²) in [7, 11) is -3.90. The van der Waals surface area contributed by atoms with Gasteiger partial charge in [-0.3, -0.25) is 0 Å². The fraction of sp³-hybridized carbons (Fsp3) is 0. The first-order valence-electron chi connectivity index (χ1n) is 1.61. The molecule has 0 amide bonds. The molecule has 0 aromatic carbocycles. The number of carboxylic acid groups (broad SMARTS) is 1. The van der Waals surface area contributed by atoms with Gasteiger partial charge in [-0.25, -0.2) is 9.59 Å². The minimum absolute atomic E-state index is 1.92. The molecule has 0 fully saturated rings. The average Bonchev–Trinajstić information content (AvgIpc) is 1.63. The molecule has 0 unspecified atom stereocenters. The number of rotatable bonds is 1. The molecule has 9 heavy (non-hydrogen) atoms. The van der Waals surface area contributed by atoms with Gasteiger partial charge in [0.1, 0.15) is 0 Å². The first-order valence-corrected chi connectivity index (χ1v) is 2.65. The van der Waals surface area contributed by atoms with Crippen molar-refractivity contribution in [1.29, 1.82) is 0 Å². The Morgan fingerprint density at radius 2 is 1.89 bits per heavy atom. The minimum atomic E-state index is -3.90. The highest BCUT2D eigenvalue weighted by molar-refractivity contribution is 7.41. The van der Waals surface area contributed by atoms with E-state index in [-0.39, 0.29) is 0 Å². The molecule has 0 rings (SSSR count). The summed E-state index contributed by atoms with van der Waals surface area (Å²) in [6.45, 7) is 0. The SMILES string of the molecule is O=C(O)C(=O)OP(F)F. The second kappa shape index (κ2) is 3.29. The molecule has 0 radical (unpaired) electrons. The number of carbonyl (C=O) groups excluding carboxylic acids is 1. The summed E-state index contributed by atoms with van der Waals surface area (Å²) in [6.07, 6.45) is 0. The van der Waals surface area contributed by atoms with E-state index in [0.29, 0.717) is 0 Å². The van der Waals surface area contributed by atoms with Crippen LogP contribution in [0.3, 0.4) is 0 Å². The topological polar surface area (TPSA) is 63.6 Å². The molecule has 0 aliphatic heterocycles. The Bertz CT molecular complexity index is 135. The smallest absolute Gasteiger partial charge is 0.473 e. The van der Waals surface area contributed by atoms with Crippen LogP contribution in [0.5, 0.6) is 0 Å². The molecule has 0 heterocycles. The van der Waals surface area contributed by atoms with Gasteiger partial charge in [0.2, 0.25) is 0 Å².